The summed E-state index contributed by atoms with van der Waals surface area (Å²) in [5.41, 5.74) is -1.85. The van der Waals surface area contributed by atoms with Gasteiger partial charge in [0, 0.05) is 31.8 Å². The number of hydrogen-bond acceptors (Lipinski definition) is 4. The highest BCUT2D eigenvalue weighted by Crippen LogP contribution is 2.45. The normalized spacial score (nSPS) is 23.7. The van der Waals surface area contributed by atoms with Crippen molar-refractivity contribution >= 4 is 6.09 Å². The van der Waals surface area contributed by atoms with E-state index in [1.807, 2.05) is 0 Å². The molecular weight excluding hydrogens is 318 g/mol. The van der Waals surface area contributed by atoms with Gasteiger partial charge in [-0.25, -0.2) is 18.6 Å². The van der Waals surface area contributed by atoms with Gasteiger partial charge in [0.2, 0.25) is 5.88 Å². The van der Waals surface area contributed by atoms with Gasteiger partial charge in [-0.05, 0) is 33.3 Å². The first-order chi connectivity index (χ1) is 11.0. The third-order valence-corrected chi connectivity index (χ3v) is 4.24. The molecular formula is C17H24F2N2O3. The fourth-order valence-corrected chi connectivity index (χ4v) is 2.74. The molecule has 0 N–H and O–H groups in total. The van der Waals surface area contributed by atoms with Crippen molar-refractivity contribution in [2.45, 2.75) is 51.1 Å². The Morgan fingerprint density at radius 2 is 2.00 bits per heavy atom. The first-order valence-corrected chi connectivity index (χ1v) is 7.85. The van der Waals surface area contributed by atoms with Crippen LogP contribution in [0.3, 0.4) is 0 Å². The molecule has 2 rings (SSSR count). The number of rotatable bonds is 2. The van der Waals surface area contributed by atoms with Gasteiger partial charge >= 0.3 is 6.09 Å². The number of carbonyl (C=O) groups excluding carboxylic acids is 1. The summed E-state index contributed by atoms with van der Waals surface area (Å²) in [6.45, 7) is 6.51. The van der Waals surface area contributed by atoms with E-state index in [1.54, 1.807) is 32.9 Å². The van der Waals surface area contributed by atoms with Gasteiger partial charge < -0.3 is 14.4 Å². The van der Waals surface area contributed by atoms with Gasteiger partial charge in [-0.15, -0.1) is 0 Å². The van der Waals surface area contributed by atoms with Crippen LogP contribution in [0, 0.1) is 0 Å². The fraction of sp³-hybridized carbons (Fsp3) is 0.647. The second kappa shape index (κ2) is 6.18. The summed E-state index contributed by atoms with van der Waals surface area (Å²) in [4.78, 5) is 17.6. The maximum atomic E-state index is 14.7. The molecule has 7 heteroatoms. The van der Waals surface area contributed by atoms with Crippen LogP contribution in [0.15, 0.2) is 18.3 Å². The number of alkyl halides is 2. The smallest absolute Gasteiger partial charge is 0.410 e. The maximum Gasteiger partial charge on any atom is 0.410 e. The predicted molar refractivity (Wildman–Crippen MR) is 85.5 cm³/mol. The highest BCUT2D eigenvalue weighted by Gasteiger charge is 2.55. The van der Waals surface area contributed by atoms with Crippen molar-refractivity contribution in [2.75, 3.05) is 20.2 Å². The largest absolute Gasteiger partial charge is 0.481 e. The Balaban J connectivity index is 2.28. The average molecular weight is 342 g/mol. The van der Waals surface area contributed by atoms with Gasteiger partial charge in [0.25, 0.3) is 5.92 Å². The van der Waals surface area contributed by atoms with E-state index in [9.17, 15) is 13.6 Å². The molecule has 1 aliphatic rings. The number of aromatic nitrogens is 1. The van der Waals surface area contributed by atoms with Gasteiger partial charge in [0.1, 0.15) is 5.60 Å². The van der Waals surface area contributed by atoms with Crippen LogP contribution < -0.4 is 4.74 Å². The van der Waals surface area contributed by atoms with E-state index < -0.39 is 29.5 Å². The van der Waals surface area contributed by atoms with E-state index in [0.717, 1.165) is 0 Å². The molecule has 1 saturated heterocycles. The minimum atomic E-state index is -2.96. The molecule has 1 aliphatic heterocycles. The number of likely N-dealkylation sites (tertiary alicyclic amines) is 1. The van der Waals surface area contributed by atoms with E-state index in [2.05, 4.69) is 4.98 Å². The lowest BCUT2D eigenvalue weighted by Crippen LogP contribution is -2.58. The molecule has 0 aliphatic carbocycles. The summed E-state index contributed by atoms with van der Waals surface area (Å²) in [5, 5.41) is 0. The Kier molecular flexibility index (Phi) is 4.74. The van der Waals surface area contributed by atoms with E-state index >= 15 is 0 Å². The molecule has 0 bridgehead atoms. The lowest BCUT2D eigenvalue weighted by Gasteiger charge is -2.46. The van der Waals surface area contributed by atoms with Crippen LogP contribution in [0.4, 0.5) is 13.6 Å². The summed E-state index contributed by atoms with van der Waals surface area (Å²) in [7, 11) is 1.46. The Bertz CT molecular complexity index is 599. The molecule has 0 radical (unpaired) electrons. The first kappa shape index (κ1) is 18.4. The third kappa shape index (κ3) is 3.60. The number of nitrogens with zero attached hydrogens (tertiary/aromatic N) is 2. The van der Waals surface area contributed by atoms with Crippen LogP contribution >= 0.6 is 0 Å². The van der Waals surface area contributed by atoms with E-state index in [0.29, 0.717) is 11.4 Å². The van der Waals surface area contributed by atoms with Crippen LogP contribution in [0.25, 0.3) is 0 Å². The Morgan fingerprint density at radius 1 is 1.33 bits per heavy atom. The minimum Gasteiger partial charge on any atom is -0.481 e. The Morgan fingerprint density at radius 3 is 2.50 bits per heavy atom. The van der Waals surface area contributed by atoms with Crippen molar-refractivity contribution in [3.05, 3.63) is 23.9 Å². The van der Waals surface area contributed by atoms with Crippen LogP contribution in [0.5, 0.6) is 5.88 Å². The molecule has 1 fully saturated rings. The SMILES string of the molecule is COc1ccc([C@@]2(C)CN(C(=O)OC(C)(C)C)CCC2(F)F)cn1. The maximum absolute atomic E-state index is 14.7. The molecule has 0 spiro atoms. The van der Waals surface area contributed by atoms with Gasteiger partial charge in [-0.1, -0.05) is 6.07 Å². The van der Waals surface area contributed by atoms with Crippen molar-refractivity contribution in [2.24, 2.45) is 0 Å². The quantitative estimate of drug-likeness (QED) is 0.824. The monoisotopic (exact) mass is 342 g/mol. The Labute approximate surface area is 141 Å². The first-order valence-electron chi connectivity index (χ1n) is 7.85. The van der Waals surface area contributed by atoms with E-state index in [1.165, 1.54) is 25.1 Å². The number of amides is 1. The number of hydrogen-bond donors (Lipinski definition) is 0. The number of piperidine rings is 1. The number of ether oxygens (including phenoxy) is 2. The van der Waals surface area contributed by atoms with Crippen LogP contribution in [0.2, 0.25) is 0 Å². The van der Waals surface area contributed by atoms with Crippen molar-refractivity contribution < 1.29 is 23.0 Å². The van der Waals surface area contributed by atoms with Crippen LogP contribution in [-0.4, -0.2) is 47.7 Å². The molecule has 134 valence electrons. The summed E-state index contributed by atoms with van der Waals surface area (Å²) < 4.78 is 39.6. The lowest BCUT2D eigenvalue weighted by atomic mass is 9.73. The molecule has 1 amide bonds. The predicted octanol–water partition coefficient (Wildman–Crippen LogP) is 3.62. The average Bonchev–Trinajstić information content (AvgIpc) is 2.48. The summed E-state index contributed by atoms with van der Waals surface area (Å²) in [5.74, 6) is -2.60. The summed E-state index contributed by atoms with van der Waals surface area (Å²) in [6, 6.07) is 3.11. The molecule has 1 aromatic rings. The second-order valence-electron chi connectivity index (χ2n) is 7.28. The zero-order chi connectivity index (χ0) is 18.2. The summed E-state index contributed by atoms with van der Waals surface area (Å²) >= 11 is 0. The van der Waals surface area contributed by atoms with Crippen LogP contribution in [-0.2, 0) is 10.2 Å². The molecule has 0 saturated carbocycles. The van der Waals surface area contributed by atoms with Crippen molar-refractivity contribution in [3.8, 4) is 5.88 Å². The highest BCUT2D eigenvalue weighted by molar-refractivity contribution is 5.68. The zero-order valence-electron chi connectivity index (χ0n) is 14.7. The number of halogens is 2. The van der Waals surface area contributed by atoms with Crippen LogP contribution in [0.1, 0.15) is 39.7 Å². The van der Waals surface area contributed by atoms with Gasteiger partial charge in [0.15, 0.2) is 0 Å². The van der Waals surface area contributed by atoms with Gasteiger partial charge in [-0.3, -0.25) is 0 Å². The minimum absolute atomic E-state index is 0.0406. The number of methoxy groups -OCH3 is 1. The van der Waals surface area contributed by atoms with Gasteiger partial charge in [-0.2, -0.15) is 0 Å². The molecule has 5 nitrogen and oxygen atoms in total. The zero-order valence-corrected chi connectivity index (χ0v) is 14.7. The molecule has 1 atom stereocenters. The van der Waals surface area contributed by atoms with Crippen molar-refractivity contribution in [1.29, 1.82) is 0 Å². The van der Waals surface area contributed by atoms with Gasteiger partial charge in [0.05, 0.1) is 12.5 Å². The number of carbonyl (C=O) groups is 1. The molecule has 2 heterocycles. The van der Waals surface area contributed by atoms with E-state index in [-0.39, 0.29) is 13.1 Å². The molecule has 1 aromatic heterocycles. The fourth-order valence-electron chi connectivity index (χ4n) is 2.74. The second-order valence-corrected chi connectivity index (χ2v) is 7.28. The highest BCUT2D eigenvalue weighted by atomic mass is 19.3. The third-order valence-electron chi connectivity index (χ3n) is 4.24. The number of pyridine rings is 1. The van der Waals surface area contributed by atoms with Crippen molar-refractivity contribution in [3.63, 3.8) is 0 Å². The Hall–Kier alpha value is -1.92. The lowest BCUT2D eigenvalue weighted by molar-refractivity contribution is -0.118. The molecule has 0 aromatic carbocycles. The molecule has 24 heavy (non-hydrogen) atoms. The standard InChI is InChI=1S/C17H24F2N2O3/c1-15(2,3)24-14(22)21-9-8-17(18,19)16(4,11-21)12-6-7-13(23-5)20-10-12/h6-7,10H,8-9,11H2,1-5H3/t16-/m1/s1. The topological polar surface area (TPSA) is 51.7 Å². The summed E-state index contributed by atoms with van der Waals surface area (Å²) in [6.07, 6.45) is 0.380. The van der Waals surface area contributed by atoms with Crippen molar-refractivity contribution in [1.82, 2.24) is 9.88 Å². The van der Waals surface area contributed by atoms with E-state index in [4.69, 9.17) is 9.47 Å². The molecule has 0 unspecified atom stereocenters.